The number of aromatic nitrogens is 12. The molecular formula is C77H83F7N16O8S4. The molecule has 0 radical (unpaired) electrons. The summed E-state index contributed by atoms with van der Waals surface area (Å²) >= 11 is 0. The Kier molecular flexibility index (Phi) is 21.8. The molecule has 0 bridgehead atoms. The zero-order valence-electron chi connectivity index (χ0n) is 63.2. The highest BCUT2D eigenvalue weighted by Gasteiger charge is 2.36. The molecule has 16 rings (SSSR count). The van der Waals surface area contributed by atoms with E-state index in [1.165, 1.54) is 101 Å². The van der Waals surface area contributed by atoms with Crippen LogP contribution in [0.2, 0.25) is 0 Å². The predicted molar refractivity (Wildman–Crippen MR) is 415 cm³/mol. The first-order chi connectivity index (χ1) is 52.7. The van der Waals surface area contributed by atoms with Gasteiger partial charge < -0.3 is 19.6 Å². The average Bonchev–Trinajstić information content (AvgIpc) is 1.61. The summed E-state index contributed by atoms with van der Waals surface area (Å²) in [6, 6.07) is 18.2. The number of para-hydroxylation sites is 1. The van der Waals surface area contributed by atoms with Crippen LogP contribution in [0.15, 0.2) is 179 Å². The van der Waals surface area contributed by atoms with Gasteiger partial charge in [-0.05, 0) is 158 Å². The Balaban J connectivity index is 0.000000131. The van der Waals surface area contributed by atoms with Gasteiger partial charge in [-0.1, -0.05) is 42.5 Å². The molecule has 35 heteroatoms. The van der Waals surface area contributed by atoms with E-state index in [0.29, 0.717) is 70.6 Å². The van der Waals surface area contributed by atoms with Gasteiger partial charge in [0, 0.05) is 155 Å². The topological polar surface area (TPSA) is 241 Å². The lowest BCUT2D eigenvalue weighted by Gasteiger charge is -2.21. The smallest absolute Gasteiger partial charge is 0.302 e. The van der Waals surface area contributed by atoms with Crippen LogP contribution in [-0.4, -0.2) is 189 Å². The number of hydrogen-bond acceptors (Lipinski definition) is 16. The van der Waals surface area contributed by atoms with Crippen LogP contribution in [0.25, 0.3) is 65.9 Å². The third kappa shape index (κ3) is 15.4. The van der Waals surface area contributed by atoms with Gasteiger partial charge in [-0.2, -0.15) is 46.7 Å². The van der Waals surface area contributed by atoms with Gasteiger partial charge >= 0.3 is 12.4 Å². The van der Waals surface area contributed by atoms with Gasteiger partial charge in [0.1, 0.15) is 25.4 Å². The predicted octanol–water partition coefficient (Wildman–Crippen LogP) is 12.4. The fraction of sp³-hybridized carbons (Fsp3) is 0.325. The lowest BCUT2D eigenvalue weighted by Crippen LogP contribution is -2.23. The molecule has 0 unspecified atom stereocenters. The summed E-state index contributed by atoms with van der Waals surface area (Å²) in [6.45, 7) is 11.4. The molecule has 0 saturated carbocycles. The van der Waals surface area contributed by atoms with Crippen molar-refractivity contribution in [1.29, 1.82) is 0 Å². The molecule has 4 aliphatic heterocycles. The number of likely N-dealkylation sites (N-methyl/N-ethyl adjacent to an activating group) is 4. The number of benzene rings is 4. The Labute approximate surface area is 643 Å². The summed E-state index contributed by atoms with van der Waals surface area (Å²) in [5.74, 6) is -0.384. The van der Waals surface area contributed by atoms with Crippen LogP contribution in [0.4, 0.5) is 30.7 Å². The zero-order valence-corrected chi connectivity index (χ0v) is 66.5. The van der Waals surface area contributed by atoms with Crippen molar-refractivity contribution >= 4 is 106 Å². The first-order valence-corrected chi connectivity index (χ1v) is 41.4. The van der Waals surface area contributed by atoms with Gasteiger partial charge in [-0.25, -0.2) is 54.0 Å². The SMILES string of the molecule is CN1CC=C(c2cn(S(=O)(=O)c3cnn(C)c3)c3ccc(C(F)(F)F)cc23)CC1.Cc1c(S(=O)(=O)n2cc(C3=CCN(C)CC3)c3cc(C(F)(F)F)ccc32)cnn1C.Cc1c(S(=O)(=O)n2cc(C3=CCN(C)CC3)c3cc(F)ccc32)cnn1C.Cc1c(S(=O)(=O)n2cc(C3=CCN(C)CC3)c3ccccc32)cnn1C. The maximum absolute atomic E-state index is 13.9. The van der Waals surface area contributed by atoms with E-state index < -0.39 is 63.6 Å². The van der Waals surface area contributed by atoms with E-state index in [0.717, 1.165) is 118 Å². The highest BCUT2D eigenvalue weighted by atomic mass is 32.2. The Hall–Kier alpha value is -10.0. The molecule has 592 valence electrons. The Morgan fingerprint density at radius 1 is 0.357 bits per heavy atom. The number of fused-ring (bicyclic) bond motifs is 4. The molecule has 0 fully saturated rings. The van der Waals surface area contributed by atoms with Gasteiger partial charge in [-0.15, -0.1) is 0 Å². The Bertz CT molecular complexity index is 6300. The van der Waals surface area contributed by atoms with Crippen molar-refractivity contribution in [2.24, 2.45) is 28.2 Å². The summed E-state index contributed by atoms with van der Waals surface area (Å²) in [4.78, 5) is 8.97. The van der Waals surface area contributed by atoms with E-state index in [1.807, 2.05) is 57.6 Å². The molecule has 112 heavy (non-hydrogen) atoms. The summed E-state index contributed by atoms with van der Waals surface area (Å²) in [5, 5.41) is 18.2. The molecule has 12 heterocycles. The van der Waals surface area contributed by atoms with Crippen LogP contribution < -0.4 is 0 Å². The molecule has 0 amide bonds. The molecule has 0 N–H and O–H groups in total. The van der Waals surface area contributed by atoms with E-state index in [9.17, 15) is 64.4 Å². The van der Waals surface area contributed by atoms with Crippen molar-refractivity contribution in [2.75, 3.05) is 80.5 Å². The van der Waals surface area contributed by atoms with Crippen molar-refractivity contribution in [3.05, 3.63) is 215 Å². The highest BCUT2D eigenvalue weighted by Crippen LogP contribution is 2.42. The minimum absolute atomic E-state index is 0.0192. The summed E-state index contributed by atoms with van der Waals surface area (Å²) in [6.07, 6.45) is 14.9. The minimum atomic E-state index is -4.52. The summed E-state index contributed by atoms with van der Waals surface area (Å²) in [5.41, 5.74) is 8.30. The van der Waals surface area contributed by atoms with Crippen LogP contribution in [0.5, 0.6) is 0 Å². The molecule has 4 aliphatic rings. The second-order valence-corrected chi connectivity index (χ2v) is 35.6. The minimum Gasteiger partial charge on any atom is -0.302 e. The van der Waals surface area contributed by atoms with Crippen LogP contribution in [0.3, 0.4) is 0 Å². The quantitative estimate of drug-likeness (QED) is 0.103. The monoisotopic (exact) mass is 1620 g/mol. The van der Waals surface area contributed by atoms with E-state index in [-0.39, 0.29) is 47.2 Å². The van der Waals surface area contributed by atoms with Gasteiger partial charge in [0.05, 0.1) is 75.1 Å². The van der Waals surface area contributed by atoms with Gasteiger partial charge in [-0.3, -0.25) is 18.7 Å². The molecule has 0 atom stereocenters. The van der Waals surface area contributed by atoms with Crippen molar-refractivity contribution in [3.8, 4) is 0 Å². The number of hydrogen-bond donors (Lipinski definition) is 0. The van der Waals surface area contributed by atoms with Gasteiger partial charge in [0.15, 0.2) is 0 Å². The van der Waals surface area contributed by atoms with Gasteiger partial charge in [0.25, 0.3) is 40.1 Å². The molecule has 0 saturated heterocycles. The first kappa shape index (κ1) is 80.1. The largest absolute Gasteiger partial charge is 0.416 e. The van der Waals surface area contributed by atoms with Crippen molar-refractivity contribution in [2.45, 2.75) is 78.4 Å². The second kappa shape index (κ2) is 30.5. The number of alkyl halides is 6. The van der Waals surface area contributed by atoms with E-state index in [1.54, 1.807) is 66.0 Å². The molecule has 8 aromatic heterocycles. The second-order valence-electron chi connectivity index (χ2n) is 28.5. The molecule has 0 aliphatic carbocycles. The molecular weight excluding hydrogens is 1540 g/mol. The summed E-state index contributed by atoms with van der Waals surface area (Å²) in [7, 11) is -0.899. The van der Waals surface area contributed by atoms with Crippen molar-refractivity contribution < 1.29 is 64.4 Å². The number of halogens is 7. The fourth-order valence-corrected chi connectivity index (χ4v) is 20.2. The van der Waals surface area contributed by atoms with Gasteiger partial charge in [0.2, 0.25) is 0 Å². The Morgan fingerprint density at radius 2 is 0.670 bits per heavy atom. The number of nitrogens with zero attached hydrogens (tertiary/aromatic N) is 16. The maximum Gasteiger partial charge on any atom is 0.416 e. The van der Waals surface area contributed by atoms with Crippen LogP contribution in [0, 0.1) is 26.6 Å². The first-order valence-electron chi connectivity index (χ1n) is 35.6. The molecule has 12 aromatic rings. The summed E-state index contributed by atoms with van der Waals surface area (Å²) < 4.78 is 211. The van der Waals surface area contributed by atoms with Crippen LogP contribution in [-0.2, 0) is 80.6 Å². The maximum atomic E-state index is 13.9. The lowest BCUT2D eigenvalue weighted by atomic mass is 9.98. The van der Waals surface area contributed by atoms with E-state index in [2.05, 4.69) is 59.2 Å². The standard InChI is InChI=1S/C20H21F3N4O2S.C19H19F3N4O2S.C19H21FN4O2S.C19H22N4O2S/c1-13-19(11-24-26(13)3)30(28,29)27-12-17(14-6-8-25(2)9-7-14)16-10-15(20(21,22)23)4-5-18(16)27;1-24-7-5-13(6-8-24)17-12-26(29(27,28)15-10-23-25(2)11-15)18-4-3-14(9-16(17)18)19(20,21)22;1-13-19(11-21-23(13)3)27(25,26)24-12-17(14-6-8-22(2)9-7-14)16-10-15(20)4-5-18(16)24;1-14-19(12-20-22(14)3)26(24,25)23-13-17(15-8-10-21(2)11-9-15)16-6-4-5-7-18(16)23/h4-6,10-12H,7-9H2,1-3H3;3-5,9-12H,6-8H2,1-2H3;4-6,10-12H,7-9H2,1-3H3;4-8,12-13H,9-11H2,1-3H3. The number of rotatable bonds is 12. The number of aryl methyl sites for hydroxylation is 4. The van der Waals surface area contributed by atoms with Crippen LogP contribution >= 0.6 is 0 Å². The molecule has 0 spiro atoms. The van der Waals surface area contributed by atoms with E-state index in [4.69, 9.17) is 0 Å². The zero-order chi connectivity index (χ0) is 80.6. The van der Waals surface area contributed by atoms with Crippen molar-refractivity contribution in [3.63, 3.8) is 0 Å². The fourth-order valence-electron chi connectivity index (χ4n) is 14.1. The van der Waals surface area contributed by atoms with E-state index >= 15 is 0 Å². The van der Waals surface area contributed by atoms with Crippen LogP contribution in [0.1, 0.15) is 76.1 Å². The highest BCUT2D eigenvalue weighted by molar-refractivity contribution is 7.91. The normalized spacial score (nSPS) is 16.2. The lowest BCUT2D eigenvalue weighted by molar-refractivity contribution is -0.138. The molecule has 4 aromatic carbocycles. The average molecular weight is 1620 g/mol. The van der Waals surface area contributed by atoms with Crippen molar-refractivity contribution in [1.82, 2.24) is 74.6 Å². The third-order valence-electron chi connectivity index (χ3n) is 21.1. The third-order valence-corrected chi connectivity index (χ3v) is 28.0. The Morgan fingerprint density at radius 3 is 0.973 bits per heavy atom. The molecule has 24 nitrogen and oxygen atoms in total.